The lowest BCUT2D eigenvalue weighted by atomic mass is 10.1. The molecule has 1 amide bonds. The maximum absolute atomic E-state index is 12.8. The largest absolute Gasteiger partial charge is 0.317 e. The number of unbranched alkanes of at least 4 members (excludes halogenated alkanes) is 1. The summed E-state index contributed by atoms with van der Waals surface area (Å²) >= 11 is 1.39. The number of rotatable bonds is 5. The van der Waals surface area contributed by atoms with Crippen LogP contribution in [0, 0.1) is 33.1 Å². The Labute approximate surface area is 187 Å². The molecule has 7 heteroatoms. The van der Waals surface area contributed by atoms with Crippen molar-refractivity contribution in [3.63, 3.8) is 0 Å². The zero-order valence-corrected chi connectivity index (χ0v) is 19.4. The van der Waals surface area contributed by atoms with Gasteiger partial charge in [0.15, 0.2) is 5.84 Å². The van der Waals surface area contributed by atoms with Gasteiger partial charge in [0, 0.05) is 11.4 Å². The second-order valence-electron chi connectivity index (χ2n) is 8.02. The van der Waals surface area contributed by atoms with Crippen LogP contribution in [0.5, 0.6) is 0 Å². The minimum Gasteiger partial charge on any atom is -0.317 e. The normalized spacial score (nSPS) is 17.3. The molecule has 0 bridgehead atoms. The van der Waals surface area contributed by atoms with Crippen LogP contribution in [-0.2, 0) is 4.79 Å². The summed E-state index contributed by atoms with van der Waals surface area (Å²) in [6, 6.07) is 8.33. The third-order valence-corrected chi connectivity index (χ3v) is 6.64. The van der Waals surface area contributed by atoms with Crippen LogP contribution < -0.4 is 0 Å². The Kier molecular flexibility index (Phi) is 5.71. The van der Waals surface area contributed by atoms with E-state index >= 15 is 0 Å². The van der Waals surface area contributed by atoms with E-state index in [0.717, 1.165) is 46.9 Å². The number of aryl methyl sites for hydroxylation is 3. The van der Waals surface area contributed by atoms with Gasteiger partial charge in [0.1, 0.15) is 5.04 Å². The Morgan fingerprint density at radius 2 is 1.87 bits per heavy atom. The first-order valence-corrected chi connectivity index (χ1v) is 11.4. The summed E-state index contributed by atoms with van der Waals surface area (Å²) < 4.78 is 2.22. The maximum Gasteiger partial charge on any atom is 0.283 e. The third kappa shape index (κ3) is 3.78. The fourth-order valence-corrected chi connectivity index (χ4v) is 4.98. The van der Waals surface area contributed by atoms with Crippen molar-refractivity contribution in [3.05, 3.63) is 57.9 Å². The molecule has 0 fully saturated rings. The lowest BCUT2D eigenvalue weighted by Gasteiger charge is -2.20. The van der Waals surface area contributed by atoms with Crippen molar-refractivity contribution in [1.82, 2.24) is 9.58 Å². The van der Waals surface area contributed by atoms with Crippen molar-refractivity contribution in [3.8, 4) is 5.69 Å². The number of amidine groups is 2. The summed E-state index contributed by atoms with van der Waals surface area (Å²) in [5.41, 5.74) is 6.84. The van der Waals surface area contributed by atoms with Crippen LogP contribution in [0.25, 0.3) is 11.8 Å². The van der Waals surface area contributed by atoms with E-state index in [1.54, 1.807) is 6.08 Å². The molecule has 0 saturated carbocycles. The number of hydrazone groups is 1. The van der Waals surface area contributed by atoms with Crippen molar-refractivity contribution >= 4 is 39.8 Å². The Bertz CT molecular complexity index is 1160. The van der Waals surface area contributed by atoms with Crippen molar-refractivity contribution < 1.29 is 4.79 Å². The van der Waals surface area contributed by atoms with Crippen molar-refractivity contribution in [2.75, 3.05) is 0 Å². The molecular formula is C24H27N5OS. The van der Waals surface area contributed by atoms with E-state index in [2.05, 4.69) is 66.6 Å². The highest BCUT2D eigenvalue weighted by atomic mass is 32.2. The molecule has 0 spiro atoms. The van der Waals surface area contributed by atoms with Crippen LogP contribution in [0.4, 0.5) is 0 Å². The molecule has 2 aliphatic heterocycles. The van der Waals surface area contributed by atoms with Gasteiger partial charge in [-0.05, 0) is 81.1 Å². The molecule has 0 unspecified atom stereocenters. The zero-order valence-electron chi connectivity index (χ0n) is 18.6. The standard InChI is InChI=1S/C24H27N5OS/c1-6-7-11-20-27-29-22(25)19(23(30)26-24(29)31-20)13-18-12-16(4)28(17(18)5)21-14(2)9-8-10-15(21)3/h8-10,12-13,25H,6-7,11H2,1-5H3/b19-13-,25-22?. The van der Waals surface area contributed by atoms with E-state index in [9.17, 15) is 4.79 Å². The fourth-order valence-electron chi connectivity index (χ4n) is 4.05. The van der Waals surface area contributed by atoms with Gasteiger partial charge in [-0.15, -0.1) is 0 Å². The highest BCUT2D eigenvalue weighted by molar-refractivity contribution is 8.26. The van der Waals surface area contributed by atoms with Gasteiger partial charge in [-0.3, -0.25) is 10.2 Å². The Morgan fingerprint density at radius 3 is 2.55 bits per heavy atom. The minimum atomic E-state index is -0.382. The summed E-state index contributed by atoms with van der Waals surface area (Å²) in [5, 5.41) is 16.0. The van der Waals surface area contributed by atoms with E-state index in [-0.39, 0.29) is 17.3 Å². The number of hydrogen-bond acceptors (Lipinski definition) is 4. The molecule has 2 aromatic rings. The van der Waals surface area contributed by atoms with Gasteiger partial charge in [-0.25, -0.2) is 0 Å². The van der Waals surface area contributed by atoms with Crippen molar-refractivity contribution in [2.45, 2.75) is 53.9 Å². The molecular weight excluding hydrogens is 406 g/mol. The quantitative estimate of drug-likeness (QED) is 0.631. The maximum atomic E-state index is 12.8. The number of amides is 1. The molecule has 31 heavy (non-hydrogen) atoms. The number of carbonyl (C=O) groups excluding carboxylic acids is 1. The zero-order chi connectivity index (χ0) is 22.3. The SMILES string of the molecule is CCCCC1=NN2C(=N)/C(=C/c3cc(C)n(-c4c(C)cccc4C)c3C)C(=O)N=C2S1. The molecule has 6 nitrogen and oxygen atoms in total. The van der Waals surface area contributed by atoms with Gasteiger partial charge in [-0.1, -0.05) is 31.5 Å². The number of hydrogen-bond donors (Lipinski definition) is 1. The van der Waals surface area contributed by atoms with Gasteiger partial charge in [0.25, 0.3) is 5.91 Å². The number of benzene rings is 1. The van der Waals surface area contributed by atoms with Crippen molar-refractivity contribution in [2.24, 2.45) is 10.1 Å². The molecule has 2 aliphatic rings. The highest BCUT2D eigenvalue weighted by Gasteiger charge is 2.35. The van der Waals surface area contributed by atoms with Gasteiger partial charge >= 0.3 is 0 Å². The number of aromatic nitrogens is 1. The van der Waals surface area contributed by atoms with Crippen LogP contribution >= 0.6 is 11.8 Å². The molecule has 3 heterocycles. The molecule has 0 radical (unpaired) electrons. The number of nitrogens with zero attached hydrogens (tertiary/aromatic N) is 4. The second-order valence-corrected chi connectivity index (χ2v) is 9.06. The summed E-state index contributed by atoms with van der Waals surface area (Å²) in [6.07, 6.45) is 4.72. The molecule has 0 saturated heterocycles. The average molecular weight is 434 g/mol. The van der Waals surface area contributed by atoms with E-state index < -0.39 is 0 Å². The topological polar surface area (TPSA) is 73.8 Å². The fraction of sp³-hybridized carbons (Fsp3) is 0.333. The number of thioether (sulfide) groups is 1. The van der Waals surface area contributed by atoms with E-state index in [1.165, 1.54) is 27.9 Å². The number of carbonyl (C=O) groups is 1. The first kappa shape index (κ1) is 21.3. The Hall–Kier alpha value is -2.93. The summed E-state index contributed by atoms with van der Waals surface area (Å²) in [5.74, 6) is -0.293. The van der Waals surface area contributed by atoms with Gasteiger partial charge in [0.2, 0.25) is 5.17 Å². The smallest absolute Gasteiger partial charge is 0.283 e. The lowest BCUT2D eigenvalue weighted by Crippen LogP contribution is -2.35. The van der Waals surface area contributed by atoms with Crippen LogP contribution in [0.1, 0.15) is 54.3 Å². The predicted octanol–water partition coefficient (Wildman–Crippen LogP) is 5.52. The highest BCUT2D eigenvalue weighted by Crippen LogP contribution is 2.32. The number of fused-ring (bicyclic) bond motifs is 1. The monoisotopic (exact) mass is 433 g/mol. The van der Waals surface area contributed by atoms with Crippen LogP contribution in [0.15, 0.2) is 39.9 Å². The summed E-state index contributed by atoms with van der Waals surface area (Å²) in [4.78, 5) is 17.0. The van der Waals surface area contributed by atoms with Gasteiger partial charge in [0.05, 0.1) is 11.3 Å². The van der Waals surface area contributed by atoms with Gasteiger partial charge < -0.3 is 4.57 Å². The van der Waals surface area contributed by atoms with Gasteiger partial charge in [-0.2, -0.15) is 15.1 Å². The first-order valence-electron chi connectivity index (χ1n) is 10.6. The summed E-state index contributed by atoms with van der Waals surface area (Å²) in [7, 11) is 0. The minimum absolute atomic E-state index is 0.0888. The predicted molar refractivity (Wildman–Crippen MR) is 129 cm³/mol. The van der Waals surface area contributed by atoms with Crippen LogP contribution in [-0.4, -0.2) is 31.5 Å². The Balaban J connectivity index is 1.73. The van der Waals surface area contributed by atoms with Crippen LogP contribution in [0.2, 0.25) is 0 Å². The number of aliphatic imine (C=N–C) groups is 1. The molecule has 1 N–H and O–H groups in total. The molecule has 0 atom stereocenters. The third-order valence-electron chi connectivity index (χ3n) is 5.67. The number of nitrogens with one attached hydrogen (secondary N) is 1. The molecule has 1 aromatic carbocycles. The van der Waals surface area contributed by atoms with Crippen molar-refractivity contribution in [1.29, 1.82) is 5.41 Å². The second kappa shape index (κ2) is 8.30. The number of para-hydroxylation sites is 1. The molecule has 4 rings (SSSR count). The molecule has 1 aromatic heterocycles. The van der Waals surface area contributed by atoms with E-state index in [0.29, 0.717) is 5.17 Å². The molecule has 160 valence electrons. The lowest BCUT2D eigenvalue weighted by molar-refractivity contribution is -0.114. The first-order chi connectivity index (χ1) is 14.8. The Morgan fingerprint density at radius 1 is 1.16 bits per heavy atom. The molecule has 0 aliphatic carbocycles. The van der Waals surface area contributed by atoms with Crippen LogP contribution in [0.3, 0.4) is 0 Å². The average Bonchev–Trinajstić information content (AvgIpc) is 3.25. The van der Waals surface area contributed by atoms with E-state index in [4.69, 9.17) is 5.41 Å². The summed E-state index contributed by atoms with van der Waals surface area (Å²) in [6.45, 7) is 10.5. The van der Waals surface area contributed by atoms with E-state index in [1.807, 2.05) is 6.92 Å².